The summed E-state index contributed by atoms with van der Waals surface area (Å²) in [5.41, 5.74) is 4.50. The number of amides is 1. The number of aryl methyl sites for hydroxylation is 1. The smallest absolute Gasteiger partial charge is 0.255 e. The molecule has 0 fully saturated rings. The summed E-state index contributed by atoms with van der Waals surface area (Å²) in [6.07, 6.45) is 3.25. The molecule has 5 nitrogen and oxygen atoms in total. The van der Waals surface area contributed by atoms with Crippen LogP contribution in [0.25, 0.3) is 22.6 Å². The van der Waals surface area contributed by atoms with Crippen LogP contribution >= 0.6 is 0 Å². The molecule has 122 valence electrons. The third-order valence-electron chi connectivity index (χ3n) is 3.85. The number of hydrogen-bond acceptors (Lipinski definition) is 4. The number of para-hydroxylation sites is 2. The summed E-state index contributed by atoms with van der Waals surface area (Å²) in [7, 11) is 0. The van der Waals surface area contributed by atoms with Gasteiger partial charge in [-0.2, -0.15) is 0 Å². The van der Waals surface area contributed by atoms with Crippen LogP contribution in [0.1, 0.15) is 15.9 Å². The first kappa shape index (κ1) is 15.1. The van der Waals surface area contributed by atoms with Crippen molar-refractivity contribution in [3.8, 4) is 11.5 Å². The Kier molecular flexibility index (Phi) is 3.74. The van der Waals surface area contributed by atoms with Crippen LogP contribution in [0.15, 0.2) is 71.4 Å². The molecule has 0 saturated heterocycles. The van der Waals surface area contributed by atoms with Crippen molar-refractivity contribution in [3.05, 3.63) is 78.1 Å². The van der Waals surface area contributed by atoms with Crippen LogP contribution < -0.4 is 5.32 Å². The first-order chi connectivity index (χ1) is 12.2. The fraction of sp³-hybridized carbons (Fsp3) is 0.0500. The van der Waals surface area contributed by atoms with E-state index in [9.17, 15) is 4.79 Å². The van der Waals surface area contributed by atoms with E-state index in [4.69, 9.17) is 4.42 Å². The maximum Gasteiger partial charge on any atom is 0.255 e. The van der Waals surface area contributed by atoms with E-state index in [1.807, 2.05) is 43.3 Å². The average molecular weight is 329 g/mol. The molecular formula is C20H15N3O2. The standard InChI is InChI=1S/C20H15N3O2/c1-13-6-8-14(9-7-13)19(24)22-16-10-15(11-21-12-16)20-23-17-4-2-3-5-18(17)25-20/h2-12H,1H3,(H,22,24). The minimum Gasteiger partial charge on any atom is -0.436 e. The number of pyridine rings is 1. The van der Waals surface area contributed by atoms with E-state index in [1.165, 1.54) is 0 Å². The molecular weight excluding hydrogens is 314 g/mol. The van der Waals surface area contributed by atoms with E-state index in [2.05, 4.69) is 15.3 Å². The van der Waals surface area contributed by atoms with Gasteiger partial charge in [-0.1, -0.05) is 29.8 Å². The van der Waals surface area contributed by atoms with Gasteiger partial charge in [-0.25, -0.2) is 4.98 Å². The molecule has 0 aliphatic heterocycles. The van der Waals surface area contributed by atoms with Crippen molar-refractivity contribution < 1.29 is 9.21 Å². The van der Waals surface area contributed by atoms with Crippen LogP contribution in [0.2, 0.25) is 0 Å². The lowest BCUT2D eigenvalue weighted by molar-refractivity contribution is 0.102. The zero-order valence-electron chi connectivity index (χ0n) is 13.6. The van der Waals surface area contributed by atoms with Gasteiger partial charge in [0.1, 0.15) is 5.52 Å². The molecule has 2 heterocycles. The molecule has 0 aliphatic carbocycles. The Morgan fingerprint density at radius 2 is 1.84 bits per heavy atom. The lowest BCUT2D eigenvalue weighted by atomic mass is 10.1. The van der Waals surface area contributed by atoms with Crippen molar-refractivity contribution in [3.63, 3.8) is 0 Å². The summed E-state index contributed by atoms with van der Waals surface area (Å²) < 4.78 is 5.75. The molecule has 4 aromatic rings. The predicted octanol–water partition coefficient (Wildman–Crippen LogP) is 4.45. The Morgan fingerprint density at radius 3 is 2.64 bits per heavy atom. The molecule has 1 N–H and O–H groups in total. The minimum absolute atomic E-state index is 0.184. The maximum atomic E-state index is 12.3. The van der Waals surface area contributed by atoms with E-state index in [1.54, 1.807) is 30.6 Å². The number of nitrogens with one attached hydrogen (secondary N) is 1. The Labute approximate surface area is 144 Å². The molecule has 0 aliphatic rings. The third-order valence-corrected chi connectivity index (χ3v) is 3.85. The summed E-state index contributed by atoms with van der Waals surface area (Å²) >= 11 is 0. The number of hydrogen-bond donors (Lipinski definition) is 1. The monoisotopic (exact) mass is 329 g/mol. The van der Waals surface area contributed by atoms with Crippen molar-refractivity contribution in [2.45, 2.75) is 6.92 Å². The molecule has 0 spiro atoms. The molecule has 2 aromatic carbocycles. The highest BCUT2D eigenvalue weighted by molar-refractivity contribution is 6.04. The number of fused-ring (bicyclic) bond motifs is 1. The molecule has 5 heteroatoms. The van der Waals surface area contributed by atoms with Gasteiger partial charge in [-0.15, -0.1) is 0 Å². The lowest BCUT2D eigenvalue weighted by Gasteiger charge is -2.06. The summed E-state index contributed by atoms with van der Waals surface area (Å²) in [5, 5.41) is 2.85. The Morgan fingerprint density at radius 1 is 1.04 bits per heavy atom. The van der Waals surface area contributed by atoms with Crippen LogP contribution in [0.3, 0.4) is 0 Å². The fourth-order valence-corrected chi connectivity index (χ4v) is 2.53. The molecule has 0 saturated carbocycles. The topological polar surface area (TPSA) is 68.0 Å². The van der Waals surface area contributed by atoms with E-state index in [-0.39, 0.29) is 5.91 Å². The van der Waals surface area contributed by atoms with Gasteiger partial charge in [0.15, 0.2) is 5.58 Å². The van der Waals surface area contributed by atoms with Crippen molar-refractivity contribution >= 4 is 22.7 Å². The van der Waals surface area contributed by atoms with Gasteiger partial charge in [0.2, 0.25) is 5.89 Å². The van der Waals surface area contributed by atoms with E-state index in [0.29, 0.717) is 28.3 Å². The molecule has 0 atom stereocenters. The van der Waals surface area contributed by atoms with Gasteiger partial charge in [-0.3, -0.25) is 9.78 Å². The van der Waals surface area contributed by atoms with Crippen molar-refractivity contribution in [1.82, 2.24) is 9.97 Å². The number of oxazole rings is 1. The normalized spacial score (nSPS) is 10.8. The van der Waals surface area contributed by atoms with Gasteiger partial charge in [-0.05, 0) is 37.3 Å². The van der Waals surface area contributed by atoms with Gasteiger partial charge in [0, 0.05) is 11.8 Å². The largest absolute Gasteiger partial charge is 0.436 e. The maximum absolute atomic E-state index is 12.3. The summed E-state index contributed by atoms with van der Waals surface area (Å²) in [6.45, 7) is 1.98. The third kappa shape index (κ3) is 3.12. The van der Waals surface area contributed by atoms with E-state index in [0.717, 1.165) is 11.1 Å². The van der Waals surface area contributed by atoms with E-state index >= 15 is 0 Å². The molecule has 0 radical (unpaired) electrons. The molecule has 25 heavy (non-hydrogen) atoms. The van der Waals surface area contributed by atoms with Gasteiger partial charge in [0.25, 0.3) is 5.91 Å². The van der Waals surface area contributed by atoms with Crippen molar-refractivity contribution in [2.75, 3.05) is 5.32 Å². The van der Waals surface area contributed by atoms with Crippen LogP contribution in [-0.2, 0) is 0 Å². The molecule has 0 unspecified atom stereocenters. The zero-order chi connectivity index (χ0) is 17.2. The SMILES string of the molecule is Cc1ccc(C(=O)Nc2cncc(-c3nc4ccccc4o3)c2)cc1. The molecule has 2 aromatic heterocycles. The number of nitrogens with zero attached hydrogens (tertiary/aromatic N) is 2. The second kappa shape index (κ2) is 6.20. The number of aromatic nitrogens is 2. The first-order valence-electron chi connectivity index (χ1n) is 7.88. The molecule has 0 bridgehead atoms. The van der Waals surface area contributed by atoms with Gasteiger partial charge < -0.3 is 9.73 Å². The number of carbonyl (C=O) groups is 1. The highest BCUT2D eigenvalue weighted by atomic mass is 16.3. The van der Waals surface area contributed by atoms with Crippen LogP contribution in [0, 0.1) is 6.92 Å². The van der Waals surface area contributed by atoms with Crippen molar-refractivity contribution in [2.24, 2.45) is 0 Å². The van der Waals surface area contributed by atoms with Gasteiger partial charge >= 0.3 is 0 Å². The van der Waals surface area contributed by atoms with Crippen LogP contribution in [-0.4, -0.2) is 15.9 Å². The summed E-state index contributed by atoms with van der Waals surface area (Å²) in [5.74, 6) is 0.289. The quantitative estimate of drug-likeness (QED) is 0.603. The van der Waals surface area contributed by atoms with Crippen molar-refractivity contribution in [1.29, 1.82) is 0 Å². The van der Waals surface area contributed by atoms with Crippen LogP contribution in [0.4, 0.5) is 5.69 Å². The Balaban J connectivity index is 1.60. The summed E-state index contributed by atoms with van der Waals surface area (Å²) in [4.78, 5) is 21.0. The van der Waals surface area contributed by atoms with Gasteiger partial charge in [0.05, 0.1) is 17.4 Å². The number of anilines is 1. The Hall–Kier alpha value is -3.47. The van der Waals surface area contributed by atoms with Crippen LogP contribution in [0.5, 0.6) is 0 Å². The average Bonchev–Trinajstić information content (AvgIpc) is 3.07. The second-order valence-electron chi connectivity index (χ2n) is 5.77. The number of carbonyl (C=O) groups excluding carboxylic acids is 1. The summed E-state index contributed by atoms with van der Waals surface area (Å²) in [6, 6.07) is 16.7. The molecule has 1 amide bonds. The highest BCUT2D eigenvalue weighted by Crippen LogP contribution is 2.25. The second-order valence-corrected chi connectivity index (χ2v) is 5.77. The number of benzene rings is 2. The predicted molar refractivity (Wildman–Crippen MR) is 96.4 cm³/mol. The van der Waals surface area contributed by atoms with E-state index < -0.39 is 0 Å². The Bertz CT molecular complexity index is 1020. The molecule has 4 rings (SSSR count). The highest BCUT2D eigenvalue weighted by Gasteiger charge is 2.11. The fourth-order valence-electron chi connectivity index (χ4n) is 2.53. The lowest BCUT2D eigenvalue weighted by Crippen LogP contribution is -2.12. The minimum atomic E-state index is -0.184. The zero-order valence-corrected chi connectivity index (χ0v) is 13.6. The number of rotatable bonds is 3. The first-order valence-corrected chi connectivity index (χ1v) is 7.88.